The standard InChI is InChI=1S/C12H15ClFNO4S/c1-3-15(8-11(16)19-4-2)20(17,18)10-7-5-6-9(13)12(10)14/h5-7H,3-4,8H2,1-2H3. The van der Waals surface area contributed by atoms with E-state index in [1.165, 1.54) is 12.1 Å². The predicted molar refractivity (Wildman–Crippen MR) is 72.5 cm³/mol. The van der Waals surface area contributed by atoms with Crippen molar-refractivity contribution in [1.29, 1.82) is 0 Å². The van der Waals surface area contributed by atoms with Gasteiger partial charge in [0.25, 0.3) is 0 Å². The molecule has 0 heterocycles. The molecule has 112 valence electrons. The lowest BCUT2D eigenvalue weighted by atomic mass is 10.3. The third-order valence-corrected chi connectivity index (χ3v) is 4.73. The van der Waals surface area contributed by atoms with Crippen LogP contribution in [0.25, 0.3) is 0 Å². The molecule has 0 saturated heterocycles. The number of hydrogen-bond donors (Lipinski definition) is 0. The van der Waals surface area contributed by atoms with Gasteiger partial charge in [-0.1, -0.05) is 24.6 Å². The summed E-state index contributed by atoms with van der Waals surface area (Å²) in [4.78, 5) is 10.8. The van der Waals surface area contributed by atoms with Crippen LogP contribution >= 0.6 is 11.6 Å². The molecular weight excluding hydrogens is 309 g/mol. The molecule has 0 N–H and O–H groups in total. The molecule has 1 aromatic rings. The van der Waals surface area contributed by atoms with E-state index in [1.807, 2.05) is 0 Å². The topological polar surface area (TPSA) is 63.7 Å². The maximum Gasteiger partial charge on any atom is 0.321 e. The summed E-state index contributed by atoms with van der Waals surface area (Å²) in [7, 11) is -4.14. The molecule has 0 fully saturated rings. The maximum absolute atomic E-state index is 13.8. The van der Waals surface area contributed by atoms with Crippen LogP contribution in [0.1, 0.15) is 13.8 Å². The second-order valence-electron chi connectivity index (χ2n) is 3.79. The molecule has 1 aromatic carbocycles. The summed E-state index contributed by atoms with van der Waals surface area (Å²) in [5, 5.41) is -0.293. The Kier molecular flexibility index (Phi) is 5.91. The quantitative estimate of drug-likeness (QED) is 0.752. The first kappa shape index (κ1) is 16.9. The van der Waals surface area contributed by atoms with E-state index in [0.29, 0.717) is 0 Å². The lowest BCUT2D eigenvalue weighted by molar-refractivity contribution is -0.143. The van der Waals surface area contributed by atoms with Crippen LogP contribution in [0.5, 0.6) is 0 Å². The van der Waals surface area contributed by atoms with Gasteiger partial charge in [-0.25, -0.2) is 12.8 Å². The van der Waals surface area contributed by atoms with Crippen LogP contribution in [0.4, 0.5) is 4.39 Å². The summed E-state index contributed by atoms with van der Waals surface area (Å²) in [5.74, 6) is -1.73. The van der Waals surface area contributed by atoms with E-state index in [1.54, 1.807) is 13.8 Å². The minimum atomic E-state index is -4.14. The van der Waals surface area contributed by atoms with Crippen LogP contribution in [-0.2, 0) is 19.6 Å². The van der Waals surface area contributed by atoms with Crippen LogP contribution in [0.15, 0.2) is 23.1 Å². The fourth-order valence-corrected chi connectivity index (χ4v) is 3.25. The summed E-state index contributed by atoms with van der Waals surface area (Å²) in [6, 6.07) is 3.68. The SMILES string of the molecule is CCOC(=O)CN(CC)S(=O)(=O)c1cccc(Cl)c1F. The molecule has 0 radical (unpaired) electrons. The molecule has 0 atom stereocenters. The molecule has 0 aromatic heterocycles. The summed E-state index contributed by atoms with van der Waals surface area (Å²) in [5.41, 5.74) is 0. The Morgan fingerprint density at radius 2 is 2.05 bits per heavy atom. The molecule has 0 unspecified atom stereocenters. The van der Waals surface area contributed by atoms with E-state index in [-0.39, 0.29) is 18.2 Å². The number of sulfonamides is 1. The Balaban J connectivity index is 3.12. The predicted octanol–water partition coefficient (Wildman–Crippen LogP) is 2.05. The highest BCUT2D eigenvalue weighted by Gasteiger charge is 2.29. The van der Waals surface area contributed by atoms with E-state index < -0.39 is 33.3 Å². The third-order valence-electron chi connectivity index (χ3n) is 2.50. The van der Waals surface area contributed by atoms with Gasteiger partial charge >= 0.3 is 5.97 Å². The molecule has 20 heavy (non-hydrogen) atoms. The highest BCUT2D eigenvalue weighted by molar-refractivity contribution is 7.89. The fraction of sp³-hybridized carbons (Fsp3) is 0.417. The van der Waals surface area contributed by atoms with E-state index in [0.717, 1.165) is 10.4 Å². The van der Waals surface area contributed by atoms with Gasteiger partial charge in [0.15, 0.2) is 5.82 Å². The van der Waals surface area contributed by atoms with E-state index >= 15 is 0 Å². The van der Waals surface area contributed by atoms with Gasteiger partial charge in [0.2, 0.25) is 10.0 Å². The molecule has 1 rings (SSSR count). The largest absolute Gasteiger partial charge is 0.465 e. The van der Waals surface area contributed by atoms with Crippen molar-refractivity contribution in [1.82, 2.24) is 4.31 Å². The van der Waals surface area contributed by atoms with Crippen molar-refractivity contribution in [2.75, 3.05) is 19.7 Å². The monoisotopic (exact) mass is 323 g/mol. The van der Waals surface area contributed by atoms with E-state index in [4.69, 9.17) is 16.3 Å². The number of likely N-dealkylation sites (N-methyl/N-ethyl adjacent to an activating group) is 1. The average molecular weight is 324 g/mol. The van der Waals surface area contributed by atoms with Crippen molar-refractivity contribution in [2.24, 2.45) is 0 Å². The highest BCUT2D eigenvalue weighted by atomic mass is 35.5. The van der Waals surface area contributed by atoms with Crippen molar-refractivity contribution < 1.29 is 22.3 Å². The number of carbonyl (C=O) groups is 1. The van der Waals surface area contributed by atoms with Gasteiger partial charge in [-0.2, -0.15) is 4.31 Å². The normalized spacial score (nSPS) is 11.7. The van der Waals surface area contributed by atoms with Gasteiger partial charge in [-0.05, 0) is 19.1 Å². The van der Waals surface area contributed by atoms with Crippen molar-refractivity contribution in [3.05, 3.63) is 29.0 Å². The van der Waals surface area contributed by atoms with Crippen molar-refractivity contribution in [3.8, 4) is 0 Å². The van der Waals surface area contributed by atoms with E-state index in [9.17, 15) is 17.6 Å². The van der Waals surface area contributed by atoms with Crippen molar-refractivity contribution in [2.45, 2.75) is 18.7 Å². The van der Waals surface area contributed by atoms with Crippen LogP contribution in [0.2, 0.25) is 5.02 Å². The number of rotatable bonds is 6. The van der Waals surface area contributed by atoms with E-state index in [2.05, 4.69) is 0 Å². The minimum Gasteiger partial charge on any atom is -0.465 e. The van der Waals surface area contributed by atoms with Gasteiger partial charge in [-0.15, -0.1) is 0 Å². The lowest BCUT2D eigenvalue weighted by Crippen LogP contribution is -2.36. The maximum atomic E-state index is 13.8. The molecule has 0 aliphatic rings. The van der Waals surface area contributed by atoms with Crippen LogP contribution in [0.3, 0.4) is 0 Å². The number of ether oxygens (including phenoxy) is 1. The number of carbonyl (C=O) groups excluding carboxylic acids is 1. The number of nitrogens with zero attached hydrogens (tertiary/aromatic N) is 1. The molecule has 0 spiro atoms. The van der Waals surface area contributed by atoms with Gasteiger partial charge in [0, 0.05) is 6.54 Å². The number of halogens is 2. The molecule has 5 nitrogen and oxygen atoms in total. The first-order valence-corrected chi connectivity index (χ1v) is 7.76. The first-order chi connectivity index (χ1) is 9.34. The Labute approximate surface area is 122 Å². The third kappa shape index (κ3) is 3.68. The molecule has 0 saturated carbocycles. The molecular formula is C12H15ClFNO4S. The highest BCUT2D eigenvalue weighted by Crippen LogP contribution is 2.24. The Bertz CT molecular complexity index is 591. The van der Waals surface area contributed by atoms with Gasteiger partial charge in [-0.3, -0.25) is 4.79 Å². The number of benzene rings is 1. The van der Waals surface area contributed by atoms with Gasteiger partial charge in [0.05, 0.1) is 11.6 Å². The summed E-state index contributed by atoms with van der Waals surface area (Å²) < 4.78 is 43.9. The molecule has 0 amide bonds. The molecule has 0 aliphatic heterocycles. The zero-order valence-corrected chi connectivity index (χ0v) is 12.7. The summed E-state index contributed by atoms with van der Waals surface area (Å²) in [6.45, 7) is 2.83. The molecule has 0 bridgehead atoms. The smallest absolute Gasteiger partial charge is 0.321 e. The average Bonchev–Trinajstić information content (AvgIpc) is 2.39. The molecule has 8 heteroatoms. The number of esters is 1. The van der Waals surface area contributed by atoms with Gasteiger partial charge in [0.1, 0.15) is 11.4 Å². The zero-order chi connectivity index (χ0) is 15.3. The second kappa shape index (κ2) is 7.01. The summed E-state index contributed by atoms with van der Waals surface area (Å²) >= 11 is 5.57. The van der Waals surface area contributed by atoms with Gasteiger partial charge < -0.3 is 4.74 Å². The van der Waals surface area contributed by atoms with Crippen LogP contribution in [0, 0.1) is 5.82 Å². The van der Waals surface area contributed by atoms with Crippen LogP contribution in [-0.4, -0.2) is 38.4 Å². The van der Waals surface area contributed by atoms with Crippen LogP contribution < -0.4 is 0 Å². The van der Waals surface area contributed by atoms with Crippen molar-refractivity contribution >= 4 is 27.6 Å². The van der Waals surface area contributed by atoms with Crippen molar-refractivity contribution in [3.63, 3.8) is 0 Å². The fourth-order valence-electron chi connectivity index (χ4n) is 1.54. The first-order valence-electron chi connectivity index (χ1n) is 5.94. The summed E-state index contributed by atoms with van der Waals surface area (Å²) in [6.07, 6.45) is 0. The Morgan fingerprint density at radius 3 is 2.60 bits per heavy atom. The zero-order valence-electron chi connectivity index (χ0n) is 11.1. The lowest BCUT2D eigenvalue weighted by Gasteiger charge is -2.19. The second-order valence-corrected chi connectivity index (χ2v) is 6.10. The molecule has 0 aliphatic carbocycles. The minimum absolute atomic E-state index is 0.00704. The Morgan fingerprint density at radius 1 is 1.40 bits per heavy atom. The number of hydrogen-bond acceptors (Lipinski definition) is 4. The Hall–Kier alpha value is -1.18.